The zero-order valence-corrected chi connectivity index (χ0v) is 42.9. The summed E-state index contributed by atoms with van der Waals surface area (Å²) in [6, 6.07) is 0. The third-order valence-electron chi connectivity index (χ3n) is 11.3. The molecule has 0 aromatic carbocycles. The molecule has 0 N–H and O–H groups in total. The van der Waals surface area contributed by atoms with Crippen LogP contribution in [0.25, 0.3) is 0 Å². The molecule has 1 atom stereocenters. The van der Waals surface area contributed by atoms with Gasteiger partial charge in [-0.3, -0.25) is 14.4 Å². The van der Waals surface area contributed by atoms with Gasteiger partial charge >= 0.3 is 17.9 Å². The lowest BCUT2D eigenvalue weighted by molar-refractivity contribution is -0.166. The molecule has 0 rings (SSSR count). The fourth-order valence-corrected chi connectivity index (χ4v) is 7.22. The minimum atomic E-state index is -0.817. The molecule has 0 heterocycles. The van der Waals surface area contributed by atoms with E-state index in [0.29, 0.717) is 19.3 Å². The van der Waals surface area contributed by atoms with Gasteiger partial charge < -0.3 is 14.2 Å². The van der Waals surface area contributed by atoms with Gasteiger partial charge in [0, 0.05) is 19.3 Å². The summed E-state index contributed by atoms with van der Waals surface area (Å²) in [6.45, 7) is 6.41. The molecular formula is C60H100O6. The highest BCUT2D eigenvalue weighted by Gasteiger charge is 2.19. The van der Waals surface area contributed by atoms with Gasteiger partial charge in [0.25, 0.3) is 0 Å². The lowest BCUT2D eigenvalue weighted by Crippen LogP contribution is -2.30. The van der Waals surface area contributed by atoms with E-state index in [-0.39, 0.29) is 37.5 Å². The molecular weight excluding hydrogens is 817 g/mol. The van der Waals surface area contributed by atoms with Crippen LogP contribution in [0.2, 0.25) is 0 Å². The summed E-state index contributed by atoms with van der Waals surface area (Å²) >= 11 is 0. The summed E-state index contributed by atoms with van der Waals surface area (Å²) in [6.07, 6.45) is 71.2. The highest BCUT2D eigenvalue weighted by molar-refractivity contribution is 5.71. The van der Waals surface area contributed by atoms with Gasteiger partial charge in [-0.15, -0.1) is 0 Å². The van der Waals surface area contributed by atoms with E-state index in [1.54, 1.807) is 0 Å². The average Bonchev–Trinajstić information content (AvgIpc) is 3.31. The van der Waals surface area contributed by atoms with Crippen molar-refractivity contribution < 1.29 is 28.6 Å². The predicted molar refractivity (Wildman–Crippen MR) is 284 cm³/mol. The van der Waals surface area contributed by atoms with Crippen LogP contribution in [0.1, 0.15) is 245 Å². The van der Waals surface area contributed by atoms with E-state index in [2.05, 4.69) is 106 Å². The van der Waals surface area contributed by atoms with E-state index < -0.39 is 6.10 Å². The largest absolute Gasteiger partial charge is 0.462 e. The Balaban J connectivity index is 4.48. The zero-order valence-electron chi connectivity index (χ0n) is 42.9. The maximum absolute atomic E-state index is 12.8. The fraction of sp³-hybridized carbons (Fsp3) is 0.683. The van der Waals surface area contributed by atoms with Crippen molar-refractivity contribution in [2.75, 3.05) is 13.2 Å². The lowest BCUT2D eigenvalue weighted by Gasteiger charge is -2.18. The summed E-state index contributed by atoms with van der Waals surface area (Å²) in [5.74, 6) is -1.02. The van der Waals surface area contributed by atoms with Crippen LogP contribution in [0, 0.1) is 0 Å². The van der Waals surface area contributed by atoms with Crippen molar-refractivity contribution in [1.29, 1.82) is 0 Å². The Kier molecular flexibility index (Phi) is 50.9. The summed E-state index contributed by atoms with van der Waals surface area (Å²) in [4.78, 5) is 38.0. The molecule has 0 aliphatic rings. The Bertz CT molecular complexity index is 1330. The first-order valence-corrected chi connectivity index (χ1v) is 27.2. The minimum Gasteiger partial charge on any atom is -0.462 e. The molecule has 66 heavy (non-hydrogen) atoms. The van der Waals surface area contributed by atoms with E-state index in [9.17, 15) is 14.4 Å². The summed E-state index contributed by atoms with van der Waals surface area (Å²) in [5, 5.41) is 0. The van der Waals surface area contributed by atoms with Gasteiger partial charge in [0.1, 0.15) is 13.2 Å². The normalized spacial score (nSPS) is 12.8. The zero-order chi connectivity index (χ0) is 47.9. The topological polar surface area (TPSA) is 78.9 Å². The van der Waals surface area contributed by atoms with Crippen molar-refractivity contribution in [3.63, 3.8) is 0 Å². The Morgan fingerprint density at radius 3 is 1.06 bits per heavy atom. The van der Waals surface area contributed by atoms with Crippen LogP contribution >= 0.6 is 0 Å². The third kappa shape index (κ3) is 51.3. The van der Waals surface area contributed by atoms with Crippen LogP contribution < -0.4 is 0 Å². The Morgan fingerprint density at radius 2 is 0.621 bits per heavy atom. The van der Waals surface area contributed by atoms with E-state index in [4.69, 9.17) is 14.2 Å². The van der Waals surface area contributed by atoms with Gasteiger partial charge in [-0.1, -0.05) is 214 Å². The highest BCUT2D eigenvalue weighted by atomic mass is 16.6. The van der Waals surface area contributed by atoms with Crippen molar-refractivity contribution in [1.82, 2.24) is 0 Å². The quantitative estimate of drug-likeness (QED) is 0.0262. The number of rotatable bonds is 48. The van der Waals surface area contributed by atoms with Crippen molar-refractivity contribution in [2.24, 2.45) is 0 Å². The number of hydrogen-bond donors (Lipinski definition) is 0. The fourth-order valence-electron chi connectivity index (χ4n) is 7.22. The van der Waals surface area contributed by atoms with Crippen LogP contribution in [0.5, 0.6) is 0 Å². The van der Waals surface area contributed by atoms with Gasteiger partial charge in [-0.25, -0.2) is 0 Å². The molecule has 1 unspecified atom stereocenters. The number of carbonyl (C=O) groups is 3. The van der Waals surface area contributed by atoms with Gasteiger partial charge in [0.05, 0.1) is 0 Å². The molecule has 0 saturated heterocycles. The molecule has 376 valence electrons. The van der Waals surface area contributed by atoms with Crippen LogP contribution in [-0.2, 0) is 28.6 Å². The molecule has 0 saturated carbocycles. The average molecular weight is 917 g/mol. The Labute approximate surface area is 407 Å². The van der Waals surface area contributed by atoms with E-state index in [1.165, 1.54) is 96.3 Å². The summed E-state index contributed by atoms with van der Waals surface area (Å²) in [5.41, 5.74) is 0. The maximum Gasteiger partial charge on any atom is 0.306 e. The molecule has 0 fully saturated rings. The molecule has 0 aliphatic carbocycles. The van der Waals surface area contributed by atoms with Gasteiger partial charge in [-0.2, -0.15) is 0 Å². The lowest BCUT2D eigenvalue weighted by atomic mass is 10.1. The molecule has 0 aromatic rings. The van der Waals surface area contributed by atoms with Crippen LogP contribution in [0.3, 0.4) is 0 Å². The standard InChI is InChI=1S/C60H100O6/c1-4-7-10-13-16-19-22-25-27-29-30-31-33-35-38-41-44-47-50-53-59(62)65-56-57(55-64-58(61)52-49-46-43-40-37-34-24-21-18-15-12-9-6-3)66-60(63)54-51-48-45-42-39-36-32-28-26-23-20-17-14-11-8-5-2/h9,12,16,18-19,21,25,27-28,30-32,34,37,43,46,57H,4-8,10-11,13-15,17,20,22-24,26,29,33,35-36,38-42,44-45,47-56H2,1-3H3/b12-9-,19-16-,21-18-,27-25-,31-30-,32-28-,37-34-,46-43-. The summed E-state index contributed by atoms with van der Waals surface area (Å²) < 4.78 is 16.7. The second-order valence-electron chi connectivity index (χ2n) is 17.7. The molecule has 0 amide bonds. The van der Waals surface area contributed by atoms with Crippen molar-refractivity contribution in [3.8, 4) is 0 Å². The van der Waals surface area contributed by atoms with Crippen LogP contribution in [0.15, 0.2) is 97.2 Å². The minimum absolute atomic E-state index is 0.110. The van der Waals surface area contributed by atoms with Gasteiger partial charge in [0.15, 0.2) is 6.10 Å². The number of unbranched alkanes of at least 4 members (excludes halogenated alkanes) is 21. The smallest absolute Gasteiger partial charge is 0.306 e. The monoisotopic (exact) mass is 917 g/mol. The van der Waals surface area contributed by atoms with Crippen molar-refractivity contribution in [3.05, 3.63) is 97.2 Å². The number of allylic oxidation sites excluding steroid dienone is 16. The Hall–Kier alpha value is -3.67. The third-order valence-corrected chi connectivity index (χ3v) is 11.3. The molecule has 0 aliphatic heterocycles. The number of ether oxygens (including phenoxy) is 3. The second-order valence-corrected chi connectivity index (χ2v) is 17.7. The predicted octanol–water partition coefficient (Wildman–Crippen LogP) is 18.1. The van der Waals surface area contributed by atoms with Crippen molar-refractivity contribution >= 4 is 17.9 Å². The molecule has 0 bridgehead atoms. The second kappa shape index (κ2) is 53.9. The van der Waals surface area contributed by atoms with Gasteiger partial charge in [-0.05, 0) is 109 Å². The van der Waals surface area contributed by atoms with Gasteiger partial charge in [0.2, 0.25) is 0 Å². The number of hydrogen-bond acceptors (Lipinski definition) is 6. The first-order chi connectivity index (χ1) is 32.5. The van der Waals surface area contributed by atoms with Crippen molar-refractivity contribution in [2.45, 2.75) is 252 Å². The summed E-state index contributed by atoms with van der Waals surface area (Å²) in [7, 11) is 0. The highest BCUT2D eigenvalue weighted by Crippen LogP contribution is 2.13. The van der Waals surface area contributed by atoms with Crippen LogP contribution in [-0.4, -0.2) is 37.2 Å². The molecule has 0 radical (unpaired) electrons. The van der Waals surface area contributed by atoms with E-state index >= 15 is 0 Å². The molecule has 6 heteroatoms. The first kappa shape index (κ1) is 62.3. The molecule has 6 nitrogen and oxygen atoms in total. The molecule has 0 aromatic heterocycles. The maximum atomic E-state index is 12.8. The van der Waals surface area contributed by atoms with E-state index in [0.717, 1.165) is 103 Å². The number of esters is 3. The SMILES string of the molecule is CC/C=C\C/C=C\C/C=C\C/C=C\CCC(=O)OCC(COC(=O)CCCCCCCC/C=C\C/C=C\C/C=C\CCCCC)OC(=O)CCCCCCC/C=C\CCCCCCCCC. The first-order valence-electron chi connectivity index (χ1n) is 27.2. The molecule has 0 spiro atoms. The van der Waals surface area contributed by atoms with E-state index in [1.807, 2.05) is 12.2 Å². The Morgan fingerprint density at radius 1 is 0.318 bits per heavy atom. The van der Waals surface area contributed by atoms with Crippen LogP contribution in [0.4, 0.5) is 0 Å². The number of carbonyl (C=O) groups excluding carboxylic acids is 3.